The molecule has 4 rings (SSSR count). The molecule has 8 nitrogen and oxygen atoms in total. The van der Waals surface area contributed by atoms with E-state index in [-0.39, 0.29) is 5.91 Å². The number of rotatable bonds is 4. The van der Waals surface area contributed by atoms with E-state index in [2.05, 4.69) is 27.8 Å². The molecule has 2 atom stereocenters. The number of hydrogen-bond donors (Lipinski definition) is 1. The Hall–Kier alpha value is -2.58. The van der Waals surface area contributed by atoms with E-state index >= 15 is 0 Å². The van der Waals surface area contributed by atoms with Crippen LogP contribution in [0, 0.1) is 0 Å². The summed E-state index contributed by atoms with van der Waals surface area (Å²) in [5.74, 6) is 0.461. The van der Waals surface area contributed by atoms with Gasteiger partial charge >= 0.3 is 6.03 Å². The molecule has 3 amide bonds. The summed E-state index contributed by atoms with van der Waals surface area (Å²) in [7, 11) is 1.67. The van der Waals surface area contributed by atoms with E-state index in [1.54, 1.807) is 7.05 Å². The SMILES string of the molecule is C=C(C)CN1C(N2CCN(Cc3ccccc3Cl)CC2)=NC2C1C(=O)NC(=O)N2C. The molecule has 3 heterocycles. The number of piperazine rings is 1. The normalized spacial score (nSPS) is 24.6. The van der Waals surface area contributed by atoms with E-state index in [1.807, 2.05) is 30.0 Å². The van der Waals surface area contributed by atoms with Gasteiger partial charge in [0.2, 0.25) is 0 Å². The quantitative estimate of drug-likeness (QED) is 0.734. The van der Waals surface area contributed by atoms with Crippen molar-refractivity contribution in [1.82, 2.24) is 24.9 Å². The summed E-state index contributed by atoms with van der Waals surface area (Å²) in [6, 6.07) is 6.98. The summed E-state index contributed by atoms with van der Waals surface area (Å²) >= 11 is 6.31. The first-order valence-corrected chi connectivity index (χ1v) is 10.5. The van der Waals surface area contributed by atoms with Gasteiger partial charge in [-0.3, -0.25) is 15.0 Å². The van der Waals surface area contributed by atoms with E-state index in [4.69, 9.17) is 16.6 Å². The number of urea groups is 1. The van der Waals surface area contributed by atoms with Crippen molar-refractivity contribution in [1.29, 1.82) is 0 Å². The number of aliphatic imine (C=N–C) groups is 1. The average molecular weight is 431 g/mol. The van der Waals surface area contributed by atoms with Gasteiger partial charge in [-0.15, -0.1) is 0 Å². The van der Waals surface area contributed by atoms with Gasteiger partial charge in [0.05, 0.1) is 0 Å². The third-order valence-electron chi connectivity index (χ3n) is 5.79. The number of imide groups is 1. The molecule has 1 aromatic rings. The molecule has 9 heteroatoms. The Morgan fingerprint density at radius 3 is 2.60 bits per heavy atom. The van der Waals surface area contributed by atoms with E-state index in [9.17, 15) is 9.59 Å². The molecule has 2 fully saturated rings. The van der Waals surface area contributed by atoms with Crippen molar-refractivity contribution in [3.05, 3.63) is 47.0 Å². The van der Waals surface area contributed by atoms with Crippen LogP contribution >= 0.6 is 11.6 Å². The molecule has 0 saturated carbocycles. The van der Waals surface area contributed by atoms with Gasteiger partial charge in [0.25, 0.3) is 5.91 Å². The first kappa shape index (κ1) is 20.7. The minimum Gasteiger partial charge on any atom is -0.340 e. The van der Waals surface area contributed by atoms with E-state index in [1.165, 1.54) is 4.90 Å². The van der Waals surface area contributed by atoms with Gasteiger partial charge < -0.3 is 14.7 Å². The highest BCUT2D eigenvalue weighted by Crippen LogP contribution is 2.27. The molecule has 3 aliphatic heterocycles. The number of amides is 3. The molecule has 2 saturated heterocycles. The molecule has 0 radical (unpaired) electrons. The zero-order valence-corrected chi connectivity index (χ0v) is 18.1. The second-order valence-electron chi connectivity index (χ2n) is 8.13. The number of guanidine groups is 1. The lowest BCUT2D eigenvalue weighted by molar-refractivity contribution is -0.127. The van der Waals surface area contributed by atoms with Crippen LogP contribution in [0.1, 0.15) is 12.5 Å². The Morgan fingerprint density at radius 2 is 1.93 bits per heavy atom. The lowest BCUT2D eigenvalue weighted by atomic mass is 10.1. The largest absolute Gasteiger partial charge is 0.340 e. The molecule has 1 aromatic carbocycles. The monoisotopic (exact) mass is 430 g/mol. The summed E-state index contributed by atoms with van der Waals surface area (Å²) in [5.41, 5.74) is 2.06. The zero-order chi connectivity index (χ0) is 21.4. The molecule has 0 spiro atoms. The zero-order valence-electron chi connectivity index (χ0n) is 17.3. The summed E-state index contributed by atoms with van der Waals surface area (Å²) in [4.78, 5) is 37.5. The fraction of sp³-hybridized carbons (Fsp3) is 0.476. The van der Waals surface area contributed by atoms with Crippen LogP contribution in [0.15, 0.2) is 41.4 Å². The number of benzene rings is 1. The first-order chi connectivity index (χ1) is 14.3. The van der Waals surface area contributed by atoms with Crippen LogP contribution in [0.5, 0.6) is 0 Å². The van der Waals surface area contributed by atoms with Gasteiger partial charge in [0, 0.05) is 51.3 Å². The van der Waals surface area contributed by atoms with Crippen LogP contribution in [0.4, 0.5) is 4.79 Å². The highest BCUT2D eigenvalue weighted by molar-refractivity contribution is 6.31. The third kappa shape index (κ3) is 3.89. The molecule has 1 N–H and O–H groups in total. The van der Waals surface area contributed by atoms with Crippen molar-refractivity contribution >= 4 is 29.5 Å². The predicted molar refractivity (Wildman–Crippen MR) is 116 cm³/mol. The molecular weight excluding hydrogens is 404 g/mol. The Morgan fingerprint density at radius 1 is 1.23 bits per heavy atom. The number of hydrogen-bond acceptors (Lipinski definition) is 6. The highest BCUT2D eigenvalue weighted by Gasteiger charge is 2.49. The van der Waals surface area contributed by atoms with Crippen LogP contribution in [0.3, 0.4) is 0 Å². The molecule has 0 aliphatic carbocycles. The first-order valence-electron chi connectivity index (χ1n) is 10.1. The highest BCUT2D eigenvalue weighted by atomic mass is 35.5. The summed E-state index contributed by atoms with van der Waals surface area (Å²) < 4.78 is 0. The Balaban J connectivity index is 1.48. The van der Waals surface area contributed by atoms with Gasteiger partial charge in [0.15, 0.2) is 18.2 Å². The molecular formula is C21H27ClN6O2. The minimum atomic E-state index is -0.527. The Labute approximate surface area is 181 Å². The molecule has 30 heavy (non-hydrogen) atoms. The Kier molecular flexibility index (Phi) is 5.71. The molecule has 3 aliphatic rings. The molecule has 0 bridgehead atoms. The number of nitrogens with zero attached hydrogens (tertiary/aromatic N) is 5. The van der Waals surface area contributed by atoms with Gasteiger partial charge in [-0.1, -0.05) is 42.0 Å². The summed E-state index contributed by atoms with van der Waals surface area (Å²) in [6.45, 7) is 10.6. The Bertz CT molecular complexity index is 895. The number of halogens is 1. The fourth-order valence-corrected chi connectivity index (χ4v) is 4.40. The summed E-state index contributed by atoms with van der Waals surface area (Å²) in [6.07, 6.45) is -0.512. The number of fused-ring (bicyclic) bond motifs is 1. The second kappa shape index (κ2) is 8.28. The van der Waals surface area contributed by atoms with Crippen molar-refractivity contribution in [2.24, 2.45) is 4.99 Å². The second-order valence-corrected chi connectivity index (χ2v) is 8.54. The number of carbonyl (C=O) groups excluding carboxylic acids is 2. The van der Waals surface area contributed by atoms with Crippen molar-refractivity contribution in [2.75, 3.05) is 39.8 Å². The van der Waals surface area contributed by atoms with Crippen LogP contribution in [-0.4, -0.2) is 89.5 Å². The van der Waals surface area contributed by atoms with Crippen molar-refractivity contribution < 1.29 is 9.59 Å². The van der Waals surface area contributed by atoms with Crippen LogP contribution in [-0.2, 0) is 11.3 Å². The average Bonchev–Trinajstić information content (AvgIpc) is 3.08. The van der Waals surface area contributed by atoms with Crippen LogP contribution in [0.2, 0.25) is 5.02 Å². The molecule has 160 valence electrons. The lowest BCUT2D eigenvalue weighted by Gasteiger charge is -2.40. The van der Waals surface area contributed by atoms with Crippen LogP contribution in [0.25, 0.3) is 0 Å². The number of likely N-dealkylation sites (N-methyl/N-ethyl adjacent to an activating group) is 1. The number of carbonyl (C=O) groups is 2. The number of nitrogens with one attached hydrogen (secondary N) is 1. The fourth-order valence-electron chi connectivity index (χ4n) is 4.21. The minimum absolute atomic E-state index is 0.305. The van der Waals surface area contributed by atoms with Gasteiger partial charge in [0.1, 0.15) is 0 Å². The topological polar surface area (TPSA) is 71.5 Å². The standard InChI is InChI=1S/C21H27ClN6O2/c1-14(2)12-28-17-18(25(3)21(30)24-19(17)29)23-20(28)27-10-8-26(9-11-27)13-15-6-4-5-7-16(15)22/h4-7,17-18H,1,8-13H2,2-3H3,(H,24,29,30). The van der Waals surface area contributed by atoms with Gasteiger partial charge in [-0.2, -0.15) is 0 Å². The maximum Gasteiger partial charge on any atom is 0.325 e. The summed E-state index contributed by atoms with van der Waals surface area (Å²) in [5, 5.41) is 3.22. The lowest BCUT2D eigenvalue weighted by Crippen LogP contribution is -2.64. The maximum absolute atomic E-state index is 12.6. The van der Waals surface area contributed by atoms with Gasteiger partial charge in [-0.05, 0) is 18.6 Å². The third-order valence-corrected chi connectivity index (χ3v) is 6.15. The van der Waals surface area contributed by atoms with Crippen molar-refractivity contribution in [2.45, 2.75) is 25.7 Å². The van der Waals surface area contributed by atoms with E-state index in [0.717, 1.165) is 54.8 Å². The van der Waals surface area contributed by atoms with Gasteiger partial charge in [-0.25, -0.2) is 9.79 Å². The van der Waals surface area contributed by atoms with E-state index < -0.39 is 18.2 Å². The molecule has 2 unspecified atom stereocenters. The predicted octanol–water partition coefficient (Wildman–Crippen LogP) is 1.58. The van der Waals surface area contributed by atoms with Crippen LogP contribution < -0.4 is 5.32 Å². The smallest absolute Gasteiger partial charge is 0.325 e. The van der Waals surface area contributed by atoms with Crippen molar-refractivity contribution in [3.63, 3.8) is 0 Å². The maximum atomic E-state index is 12.6. The molecule has 0 aromatic heterocycles. The van der Waals surface area contributed by atoms with Crippen molar-refractivity contribution in [3.8, 4) is 0 Å². The van der Waals surface area contributed by atoms with E-state index in [0.29, 0.717) is 6.54 Å².